The van der Waals surface area contributed by atoms with Gasteiger partial charge in [0.15, 0.2) is 5.65 Å². The molecule has 0 saturated heterocycles. The van der Waals surface area contributed by atoms with Gasteiger partial charge in [0.2, 0.25) is 5.95 Å². The number of nitrogens with zero attached hydrogens (tertiary/aromatic N) is 4. The summed E-state index contributed by atoms with van der Waals surface area (Å²) in [7, 11) is 1.94. The van der Waals surface area contributed by atoms with Gasteiger partial charge in [-0.1, -0.05) is 24.9 Å². The number of aryl methyl sites for hydroxylation is 2. The zero-order valence-corrected chi connectivity index (χ0v) is 13.9. The number of rotatable bonds is 4. The second-order valence-electron chi connectivity index (χ2n) is 5.15. The van der Waals surface area contributed by atoms with Crippen LogP contribution in [0.2, 0.25) is 4.34 Å². The van der Waals surface area contributed by atoms with Crippen LogP contribution in [0, 0.1) is 0 Å². The molecule has 2 N–H and O–H groups in total. The normalized spacial score (nSPS) is 13.1. The molecule has 0 bridgehead atoms. The number of nitrogens with two attached hydrogens (primary N) is 1. The fourth-order valence-electron chi connectivity index (χ4n) is 2.69. The van der Waals surface area contributed by atoms with Gasteiger partial charge in [-0.3, -0.25) is 9.25 Å². The van der Waals surface area contributed by atoms with Gasteiger partial charge >= 0.3 is 0 Å². The third-order valence-electron chi connectivity index (χ3n) is 3.64. The van der Waals surface area contributed by atoms with Crippen LogP contribution in [-0.4, -0.2) is 19.3 Å². The highest BCUT2D eigenvalue weighted by atomic mass is 35.5. The summed E-state index contributed by atoms with van der Waals surface area (Å²) in [5.41, 5.74) is 9.04. The van der Waals surface area contributed by atoms with Crippen molar-refractivity contribution in [1.29, 1.82) is 0 Å². The predicted molar refractivity (Wildman–Crippen MR) is 88.0 cm³/mol. The second kappa shape index (κ2) is 5.35. The summed E-state index contributed by atoms with van der Waals surface area (Å²) in [4.78, 5) is 5.69. The van der Waals surface area contributed by atoms with Gasteiger partial charge in [0.25, 0.3) is 0 Å². The van der Waals surface area contributed by atoms with Gasteiger partial charge in [-0.05, 0) is 25.5 Å². The van der Waals surface area contributed by atoms with Crippen molar-refractivity contribution in [3.05, 3.63) is 27.0 Å². The first kappa shape index (κ1) is 14.4. The number of hydrogen-bond acceptors (Lipinski definition) is 4. The van der Waals surface area contributed by atoms with Gasteiger partial charge in [-0.15, -0.1) is 11.3 Å². The highest BCUT2D eigenvalue weighted by molar-refractivity contribution is 7.16. The van der Waals surface area contributed by atoms with Gasteiger partial charge < -0.3 is 5.73 Å². The minimum absolute atomic E-state index is 0.0809. The quantitative estimate of drug-likeness (QED) is 0.797. The molecule has 5 nitrogen and oxygen atoms in total. The summed E-state index contributed by atoms with van der Waals surface area (Å²) in [6.07, 6.45) is 1.95. The van der Waals surface area contributed by atoms with Gasteiger partial charge in [0, 0.05) is 11.9 Å². The molecular weight excluding hydrogens is 306 g/mol. The lowest BCUT2D eigenvalue weighted by atomic mass is 10.2. The number of hydrogen-bond donors (Lipinski definition) is 1. The van der Waals surface area contributed by atoms with Crippen LogP contribution in [0.15, 0.2) is 12.1 Å². The van der Waals surface area contributed by atoms with Gasteiger partial charge in [0.1, 0.15) is 5.52 Å². The standard InChI is InChI=1S/C14H18ClN5S/c1-4-5-9-12-13(19(3)18-9)20(14(16)17-12)8(2)10-6-7-11(15)21-10/h6-8H,4-5H2,1-3H3,(H2,16,17). The molecule has 0 amide bonds. The van der Waals surface area contributed by atoms with E-state index in [1.807, 2.05) is 28.4 Å². The summed E-state index contributed by atoms with van der Waals surface area (Å²) < 4.78 is 4.68. The number of anilines is 1. The molecule has 0 spiro atoms. The van der Waals surface area contributed by atoms with Crippen molar-refractivity contribution in [2.24, 2.45) is 7.05 Å². The van der Waals surface area contributed by atoms with E-state index in [0.717, 1.165) is 38.9 Å². The summed E-state index contributed by atoms with van der Waals surface area (Å²) >= 11 is 7.61. The number of thiophene rings is 1. The van der Waals surface area contributed by atoms with Gasteiger partial charge in [0.05, 0.1) is 16.1 Å². The molecule has 0 radical (unpaired) electrons. The second-order valence-corrected chi connectivity index (χ2v) is 6.90. The van der Waals surface area contributed by atoms with Crippen LogP contribution in [0.3, 0.4) is 0 Å². The summed E-state index contributed by atoms with van der Waals surface area (Å²) in [6, 6.07) is 4.03. The Morgan fingerprint density at radius 3 is 2.81 bits per heavy atom. The number of imidazole rings is 1. The fraction of sp³-hybridized carbons (Fsp3) is 0.429. The van der Waals surface area contributed by atoms with Crippen LogP contribution in [0.4, 0.5) is 5.95 Å². The van der Waals surface area contributed by atoms with Crippen molar-refractivity contribution < 1.29 is 0 Å². The molecule has 1 unspecified atom stereocenters. The van der Waals surface area contributed by atoms with E-state index < -0.39 is 0 Å². The first-order chi connectivity index (χ1) is 10.0. The molecule has 0 fully saturated rings. The lowest BCUT2D eigenvalue weighted by Gasteiger charge is -2.14. The Bertz CT molecular complexity index is 785. The van der Waals surface area contributed by atoms with E-state index in [9.17, 15) is 0 Å². The molecule has 7 heteroatoms. The molecule has 3 heterocycles. The molecule has 0 aliphatic heterocycles. The average molecular weight is 324 g/mol. The SMILES string of the molecule is CCCc1nn(C)c2c1nc(N)n2C(C)c1ccc(Cl)s1. The van der Waals surface area contributed by atoms with Gasteiger partial charge in [-0.25, -0.2) is 4.98 Å². The summed E-state index contributed by atoms with van der Waals surface area (Å²) in [6.45, 7) is 4.24. The van der Waals surface area contributed by atoms with E-state index in [2.05, 4.69) is 23.9 Å². The van der Waals surface area contributed by atoms with E-state index in [0.29, 0.717) is 5.95 Å². The topological polar surface area (TPSA) is 61.7 Å². The largest absolute Gasteiger partial charge is 0.369 e. The van der Waals surface area contributed by atoms with Crippen molar-refractivity contribution in [3.63, 3.8) is 0 Å². The first-order valence-corrected chi connectivity index (χ1v) is 8.16. The zero-order valence-electron chi connectivity index (χ0n) is 12.3. The monoisotopic (exact) mass is 323 g/mol. The van der Waals surface area contributed by atoms with Crippen LogP contribution in [0.25, 0.3) is 11.2 Å². The molecule has 1 atom stereocenters. The lowest BCUT2D eigenvalue weighted by Crippen LogP contribution is -2.11. The van der Waals surface area contributed by atoms with E-state index in [1.165, 1.54) is 0 Å². The number of nitrogen functional groups attached to an aromatic ring is 1. The Morgan fingerprint density at radius 1 is 1.43 bits per heavy atom. The van der Waals surface area contributed by atoms with Crippen molar-refractivity contribution in [1.82, 2.24) is 19.3 Å². The minimum Gasteiger partial charge on any atom is -0.369 e. The first-order valence-electron chi connectivity index (χ1n) is 6.97. The molecule has 3 rings (SSSR count). The number of fused-ring (bicyclic) bond motifs is 1. The number of aromatic nitrogens is 4. The molecule has 112 valence electrons. The van der Waals surface area contributed by atoms with Crippen molar-refractivity contribution in [3.8, 4) is 0 Å². The van der Waals surface area contributed by atoms with E-state index in [-0.39, 0.29) is 6.04 Å². The van der Waals surface area contributed by atoms with Crippen molar-refractivity contribution >= 4 is 40.0 Å². The van der Waals surface area contributed by atoms with E-state index in [1.54, 1.807) is 11.3 Å². The number of halogens is 1. The summed E-state index contributed by atoms with van der Waals surface area (Å²) in [5.74, 6) is 0.521. The van der Waals surface area contributed by atoms with Crippen LogP contribution < -0.4 is 5.73 Å². The van der Waals surface area contributed by atoms with Crippen LogP contribution in [0.1, 0.15) is 36.9 Å². The fourth-order valence-corrected chi connectivity index (χ4v) is 3.79. The minimum atomic E-state index is 0.0809. The Kier molecular flexibility index (Phi) is 3.67. The molecule has 3 aromatic heterocycles. The van der Waals surface area contributed by atoms with Crippen molar-refractivity contribution in [2.75, 3.05) is 5.73 Å². The van der Waals surface area contributed by atoms with Gasteiger partial charge in [-0.2, -0.15) is 5.10 Å². The van der Waals surface area contributed by atoms with E-state index >= 15 is 0 Å². The van der Waals surface area contributed by atoms with Crippen LogP contribution >= 0.6 is 22.9 Å². The highest BCUT2D eigenvalue weighted by Crippen LogP contribution is 2.33. The Morgan fingerprint density at radius 2 is 2.19 bits per heavy atom. The summed E-state index contributed by atoms with van der Waals surface area (Å²) in [5, 5.41) is 4.58. The third-order valence-corrected chi connectivity index (χ3v) is 5.05. The zero-order chi connectivity index (χ0) is 15.1. The van der Waals surface area contributed by atoms with Crippen LogP contribution in [0.5, 0.6) is 0 Å². The van der Waals surface area contributed by atoms with Crippen LogP contribution in [-0.2, 0) is 13.5 Å². The molecule has 0 aliphatic rings. The smallest absolute Gasteiger partial charge is 0.203 e. The molecule has 21 heavy (non-hydrogen) atoms. The van der Waals surface area contributed by atoms with Crippen molar-refractivity contribution in [2.45, 2.75) is 32.7 Å². The molecule has 0 saturated carbocycles. The molecule has 0 aliphatic carbocycles. The third kappa shape index (κ3) is 2.32. The average Bonchev–Trinajstić information content (AvgIpc) is 3.07. The Balaban J connectivity index is 2.16. The maximum atomic E-state index is 6.16. The maximum absolute atomic E-state index is 6.16. The molecule has 3 aromatic rings. The predicted octanol–water partition coefficient (Wildman–Crippen LogP) is 3.63. The Hall–Kier alpha value is -1.53. The molecule has 0 aromatic carbocycles. The van der Waals surface area contributed by atoms with E-state index in [4.69, 9.17) is 17.3 Å². The highest BCUT2D eigenvalue weighted by Gasteiger charge is 2.22. The Labute approximate surface area is 132 Å². The lowest BCUT2D eigenvalue weighted by molar-refractivity contribution is 0.642. The molecular formula is C14H18ClN5S. The maximum Gasteiger partial charge on any atom is 0.203 e.